The Morgan fingerprint density at radius 1 is 1.06 bits per heavy atom. The van der Waals surface area contributed by atoms with Crippen molar-refractivity contribution >= 4 is 44.9 Å². The average Bonchev–Trinajstić information content (AvgIpc) is 2.72. The first-order chi connectivity index (χ1) is 15.6. The van der Waals surface area contributed by atoms with Crippen LogP contribution in [0.25, 0.3) is 0 Å². The molecule has 1 unspecified atom stereocenters. The van der Waals surface area contributed by atoms with Crippen LogP contribution in [0.15, 0.2) is 70.9 Å². The maximum Gasteiger partial charge on any atom is 0.340 e. The molecule has 1 heterocycles. The normalized spacial score (nSPS) is 15.4. The van der Waals surface area contributed by atoms with Crippen LogP contribution in [0.2, 0.25) is 15.1 Å². The molecule has 0 saturated heterocycles. The van der Waals surface area contributed by atoms with Crippen molar-refractivity contribution in [1.82, 2.24) is 0 Å². The number of nitrogens with zero attached hydrogens (tertiary/aromatic N) is 1. The van der Waals surface area contributed by atoms with Crippen molar-refractivity contribution in [3.05, 3.63) is 98.1 Å². The first-order valence-corrected chi connectivity index (χ1v) is 11.7. The molecule has 0 radical (unpaired) electrons. The van der Waals surface area contributed by atoms with Crippen molar-refractivity contribution in [3.8, 4) is 17.6 Å². The molecule has 1 aliphatic heterocycles. The molecule has 6 nitrogen and oxygen atoms in total. The number of hydrogen-bond donors (Lipinski definition) is 1. The Labute approximate surface area is 203 Å². The summed E-state index contributed by atoms with van der Waals surface area (Å²) in [6.45, 7) is 0. The van der Waals surface area contributed by atoms with Crippen molar-refractivity contribution in [2.75, 3.05) is 0 Å². The number of benzene rings is 3. The van der Waals surface area contributed by atoms with E-state index in [1.54, 1.807) is 0 Å². The van der Waals surface area contributed by atoms with Gasteiger partial charge in [0.25, 0.3) is 0 Å². The van der Waals surface area contributed by atoms with E-state index in [4.69, 9.17) is 49.5 Å². The molecule has 0 bridgehead atoms. The molecule has 0 saturated carbocycles. The van der Waals surface area contributed by atoms with Gasteiger partial charge in [0.05, 0.1) is 10.9 Å². The van der Waals surface area contributed by atoms with E-state index in [0.717, 1.165) is 0 Å². The van der Waals surface area contributed by atoms with Gasteiger partial charge in [0.15, 0.2) is 0 Å². The van der Waals surface area contributed by atoms with Crippen molar-refractivity contribution in [1.29, 1.82) is 5.26 Å². The molecule has 1 atom stereocenters. The van der Waals surface area contributed by atoms with Crippen LogP contribution in [-0.4, -0.2) is 8.42 Å². The molecule has 3 aromatic carbocycles. The lowest BCUT2D eigenvalue weighted by Crippen LogP contribution is -2.22. The van der Waals surface area contributed by atoms with Gasteiger partial charge in [-0.2, -0.15) is 13.7 Å². The fraction of sp³-hybridized carbons (Fsp3) is 0.0455. The summed E-state index contributed by atoms with van der Waals surface area (Å²) in [6, 6.07) is 14.0. The summed E-state index contributed by atoms with van der Waals surface area (Å²) in [6.07, 6.45) is 0. The largest absolute Gasteiger partial charge is 0.440 e. The van der Waals surface area contributed by atoms with E-state index < -0.39 is 21.9 Å². The number of rotatable bonds is 4. The second-order valence-electron chi connectivity index (χ2n) is 6.87. The summed E-state index contributed by atoms with van der Waals surface area (Å²) >= 11 is 18.0. The molecule has 4 rings (SSSR count). The fourth-order valence-electron chi connectivity index (χ4n) is 3.42. The molecule has 33 heavy (non-hydrogen) atoms. The SMILES string of the molecule is N#CC1=C(N)Oc2cc(OS(=O)(=O)c3ccc(Cl)cc3Cl)ccc2C1c1c(F)cccc1Cl. The van der Waals surface area contributed by atoms with Crippen LogP contribution in [0, 0.1) is 17.1 Å². The standard InChI is InChI=1S/C22H12Cl3FN2O4S/c23-11-4-7-19(16(25)8-11)33(29,30)32-12-5-6-13-18(9-12)31-22(28)14(10-27)20(13)21-15(24)2-1-3-17(21)26/h1-9,20H,28H2. The molecule has 0 aromatic heterocycles. The van der Waals surface area contributed by atoms with Crippen molar-refractivity contribution < 1.29 is 21.7 Å². The van der Waals surface area contributed by atoms with Gasteiger partial charge in [0.2, 0.25) is 5.88 Å². The Morgan fingerprint density at radius 2 is 1.82 bits per heavy atom. The zero-order valence-electron chi connectivity index (χ0n) is 16.4. The number of allylic oxidation sites excluding steroid dienone is 1. The highest BCUT2D eigenvalue weighted by atomic mass is 35.5. The molecule has 0 aliphatic carbocycles. The van der Waals surface area contributed by atoms with E-state index in [2.05, 4.69) is 0 Å². The molecule has 2 N–H and O–H groups in total. The number of hydrogen-bond acceptors (Lipinski definition) is 6. The molecular formula is C22H12Cl3FN2O4S. The molecule has 1 aliphatic rings. The van der Waals surface area contributed by atoms with Crippen molar-refractivity contribution in [2.24, 2.45) is 5.73 Å². The Balaban J connectivity index is 1.78. The minimum atomic E-state index is -4.32. The first-order valence-electron chi connectivity index (χ1n) is 9.17. The van der Waals surface area contributed by atoms with E-state index >= 15 is 0 Å². The molecule has 168 valence electrons. The van der Waals surface area contributed by atoms with Gasteiger partial charge in [-0.15, -0.1) is 0 Å². The number of nitriles is 1. The average molecular weight is 526 g/mol. The monoisotopic (exact) mass is 524 g/mol. The van der Waals surface area contributed by atoms with Crippen LogP contribution < -0.4 is 14.7 Å². The third-order valence-electron chi connectivity index (χ3n) is 4.85. The molecular weight excluding hydrogens is 514 g/mol. The van der Waals surface area contributed by atoms with E-state index in [1.165, 1.54) is 54.6 Å². The number of fused-ring (bicyclic) bond motifs is 1. The highest BCUT2D eigenvalue weighted by Crippen LogP contribution is 2.46. The Hall–Kier alpha value is -2.96. The summed E-state index contributed by atoms with van der Waals surface area (Å²) < 4.78 is 50.8. The first kappa shape index (κ1) is 23.2. The van der Waals surface area contributed by atoms with Gasteiger partial charge in [-0.25, -0.2) is 4.39 Å². The lowest BCUT2D eigenvalue weighted by Gasteiger charge is -2.27. The molecule has 3 aromatic rings. The Bertz CT molecular complexity index is 1450. The van der Waals surface area contributed by atoms with Crippen LogP contribution >= 0.6 is 34.8 Å². The molecule has 11 heteroatoms. The summed E-state index contributed by atoms with van der Waals surface area (Å²) in [4.78, 5) is -0.283. The third-order valence-corrected chi connectivity index (χ3v) is 7.14. The Kier molecular flexibility index (Phi) is 6.16. The van der Waals surface area contributed by atoms with Gasteiger partial charge < -0.3 is 14.7 Å². The summed E-state index contributed by atoms with van der Waals surface area (Å²) in [7, 11) is -4.32. The third kappa shape index (κ3) is 4.33. The van der Waals surface area contributed by atoms with Gasteiger partial charge in [0, 0.05) is 27.2 Å². The van der Waals surface area contributed by atoms with Crippen LogP contribution in [0.4, 0.5) is 4.39 Å². The van der Waals surface area contributed by atoms with Crippen LogP contribution in [0.3, 0.4) is 0 Å². The second kappa shape index (κ2) is 8.76. The molecule has 0 spiro atoms. The minimum Gasteiger partial charge on any atom is -0.440 e. The lowest BCUT2D eigenvalue weighted by atomic mass is 9.83. The quantitative estimate of drug-likeness (QED) is 0.434. The van der Waals surface area contributed by atoms with E-state index in [9.17, 15) is 18.1 Å². The van der Waals surface area contributed by atoms with E-state index in [0.29, 0.717) is 5.56 Å². The van der Waals surface area contributed by atoms with Gasteiger partial charge in [-0.1, -0.05) is 46.9 Å². The topological polar surface area (TPSA) is 102 Å². The van der Waals surface area contributed by atoms with Gasteiger partial charge >= 0.3 is 10.1 Å². The minimum absolute atomic E-state index is 0.0382. The molecule has 0 fully saturated rings. The maximum absolute atomic E-state index is 14.7. The summed E-state index contributed by atoms with van der Waals surface area (Å²) in [5.74, 6) is -1.92. The molecule has 0 amide bonds. The smallest absolute Gasteiger partial charge is 0.340 e. The number of nitrogens with two attached hydrogens (primary N) is 1. The maximum atomic E-state index is 14.7. The zero-order valence-corrected chi connectivity index (χ0v) is 19.4. The fourth-order valence-corrected chi connectivity index (χ4v) is 5.36. The highest BCUT2D eigenvalue weighted by Gasteiger charge is 2.34. The predicted octanol–water partition coefficient (Wildman–Crippen LogP) is 5.77. The summed E-state index contributed by atoms with van der Waals surface area (Å²) in [5, 5.41) is 9.86. The van der Waals surface area contributed by atoms with E-state index in [1.807, 2.05) is 6.07 Å². The van der Waals surface area contributed by atoms with Crippen LogP contribution in [0.5, 0.6) is 11.5 Å². The van der Waals surface area contributed by atoms with Crippen LogP contribution in [-0.2, 0) is 10.1 Å². The predicted molar refractivity (Wildman–Crippen MR) is 121 cm³/mol. The van der Waals surface area contributed by atoms with Crippen LogP contribution in [0.1, 0.15) is 17.0 Å². The summed E-state index contributed by atoms with van der Waals surface area (Å²) in [5.41, 5.74) is 6.27. The number of ether oxygens (including phenoxy) is 1. The lowest BCUT2D eigenvalue weighted by molar-refractivity contribution is 0.390. The van der Waals surface area contributed by atoms with Gasteiger partial charge in [-0.05, 0) is 36.4 Å². The van der Waals surface area contributed by atoms with Gasteiger partial charge in [0.1, 0.15) is 33.9 Å². The highest BCUT2D eigenvalue weighted by molar-refractivity contribution is 7.87. The Morgan fingerprint density at radius 3 is 2.48 bits per heavy atom. The second-order valence-corrected chi connectivity index (χ2v) is 9.64. The van der Waals surface area contributed by atoms with E-state index in [-0.39, 0.29) is 48.5 Å². The van der Waals surface area contributed by atoms with Crippen molar-refractivity contribution in [2.45, 2.75) is 10.8 Å². The van der Waals surface area contributed by atoms with Crippen molar-refractivity contribution in [3.63, 3.8) is 0 Å². The number of halogens is 4. The van der Waals surface area contributed by atoms with Gasteiger partial charge in [-0.3, -0.25) is 0 Å². The zero-order chi connectivity index (χ0) is 23.9.